The van der Waals surface area contributed by atoms with Gasteiger partial charge in [-0.25, -0.2) is 13.1 Å². The van der Waals surface area contributed by atoms with E-state index in [-0.39, 0.29) is 17.0 Å². The number of aliphatic hydroxyl groups excluding tert-OH is 1. The van der Waals surface area contributed by atoms with Gasteiger partial charge in [-0.2, -0.15) is 0 Å². The third kappa shape index (κ3) is 3.33. The summed E-state index contributed by atoms with van der Waals surface area (Å²) >= 11 is 0. The van der Waals surface area contributed by atoms with Crippen LogP contribution in [-0.4, -0.2) is 32.8 Å². The lowest BCUT2D eigenvalue weighted by Gasteiger charge is -2.34. The van der Waals surface area contributed by atoms with Crippen LogP contribution in [0.25, 0.3) is 0 Å². The first-order valence-electron chi connectivity index (χ1n) is 6.25. The molecule has 2 N–H and O–H groups in total. The minimum absolute atomic E-state index is 0.0647. The van der Waals surface area contributed by atoms with Gasteiger partial charge < -0.3 is 9.84 Å². The van der Waals surface area contributed by atoms with Crippen molar-refractivity contribution in [1.82, 2.24) is 4.72 Å². The van der Waals surface area contributed by atoms with E-state index in [4.69, 9.17) is 4.74 Å². The highest BCUT2D eigenvalue weighted by molar-refractivity contribution is 7.89. The summed E-state index contributed by atoms with van der Waals surface area (Å²) in [6.07, 6.45) is 0.866. The molecule has 1 aliphatic carbocycles. The Labute approximate surface area is 113 Å². The lowest BCUT2D eigenvalue weighted by atomic mass is 9.90. The first kappa shape index (κ1) is 14.5. The van der Waals surface area contributed by atoms with Crippen molar-refractivity contribution in [3.8, 4) is 0 Å². The molecule has 1 atom stereocenters. The summed E-state index contributed by atoms with van der Waals surface area (Å²) in [4.78, 5) is 0.187. The summed E-state index contributed by atoms with van der Waals surface area (Å²) in [5, 5.41) is 9.49. The second-order valence-corrected chi connectivity index (χ2v) is 6.61. The molecule has 0 spiro atoms. The lowest BCUT2D eigenvalue weighted by Crippen LogP contribution is -2.47. The fourth-order valence-corrected chi connectivity index (χ4v) is 3.40. The molecule has 1 aromatic carbocycles. The molecule has 1 saturated carbocycles. The SMILES string of the molecule is COC1CC(NS(=O)(=O)c2cccc(C(C)O)c2)C1. The smallest absolute Gasteiger partial charge is 0.240 e. The molecule has 19 heavy (non-hydrogen) atoms. The van der Waals surface area contributed by atoms with Crippen molar-refractivity contribution >= 4 is 10.0 Å². The van der Waals surface area contributed by atoms with Gasteiger partial charge >= 0.3 is 0 Å². The molecule has 5 nitrogen and oxygen atoms in total. The fraction of sp³-hybridized carbons (Fsp3) is 0.538. The largest absolute Gasteiger partial charge is 0.389 e. The highest BCUT2D eigenvalue weighted by Gasteiger charge is 2.32. The van der Waals surface area contributed by atoms with Crippen molar-refractivity contribution in [3.63, 3.8) is 0 Å². The van der Waals surface area contributed by atoms with Crippen LogP contribution in [0.2, 0.25) is 0 Å². The minimum Gasteiger partial charge on any atom is -0.389 e. The van der Waals surface area contributed by atoms with Crippen LogP contribution in [0.15, 0.2) is 29.2 Å². The highest BCUT2D eigenvalue weighted by Crippen LogP contribution is 2.25. The van der Waals surface area contributed by atoms with Crippen molar-refractivity contribution in [2.75, 3.05) is 7.11 Å². The van der Waals surface area contributed by atoms with E-state index < -0.39 is 16.1 Å². The molecule has 0 saturated heterocycles. The van der Waals surface area contributed by atoms with Gasteiger partial charge in [0.15, 0.2) is 0 Å². The second kappa shape index (κ2) is 5.58. The molecule has 0 aliphatic heterocycles. The maximum absolute atomic E-state index is 12.2. The van der Waals surface area contributed by atoms with Gasteiger partial charge in [-0.3, -0.25) is 0 Å². The molecule has 0 radical (unpaired) electrons. The van der Waals surface area contributed by atoms with Crippen LogP contribution in [0.5, 0.6) is 0 Å². The first-order chi connectivity index (χ1) is 8.92. The molecule has 106 valence electrons. The molecular weight excluding hydrogens is 266 g/mol. The molecule has 0 amide bonds. The zero-order valence-corrected chi connectivity index (χ0v) is 11.9. The van der Waals surface area contributed by atoms with Gasteiger partial charge in [0.2, 0.25) is 10.0 Å². The molecule has 2 rings (SSSR count). The van der Waals surface area contributed by atoms with Crippen LogP contribution in [0.1, 0.15) is 31.4 Å². The molecule has 1 fully saturated rings. The monoisotopic (exact) mass is 285 g/mol. The van der Waals surface area contributed by atoms with Crippen LogP contribution in [-0.2, 0) is 14.8 Å². The topological polar surface area (TPSA) is 75.6 Å². The Bertz CT molecular complexity index is 535. The Hall–Kier alpha value is -0.950. The van der Waals surface area contributed by atoms with E-state index in [1.54, 1.807) is 26.2 Å². The number of aliphatic hydroxyl groups is 1. The van der Waals surface area contributed by atoms with Crippen molar-refractivity contribution in [2.45, 2.75) is 42.9 Å². The Morgan fingerprint density at radius 3 is 2.68 bits per heavy atom. The van der Waals surface area contributed by atoms with Crippen molar-refractivity contribution in [1.29, 1.82) is 0 Å². The predicted octanol–water partition coefficient (Wildman–Crippen LogP) is 1.20. The quantitative estimate of drug-likeness (QED) is 0.852. The number of sulfonamides is 1. The molecule has 0 bridgehead atoms. The highest BCUT2D eigenvalue weighted by atomic mass is 32.2. The van der Waals surface area contributed by atoms with Gasteiger partial charge in [-0.1, -0.05) is 12.1 Å². The van der Waals surface area contributed by atoms with Gasteiger partial charge in [0.05, 0.1) is 17.1 Å². The molecule has 0 aromatic heterocycles. The number of hydrogen-bond donors (Lipinski definition) is 2. The van der Waals surface area contributed by atoms with E-state index >= 15 is 0 Å². The summed E-state index contributed by atoms with van der Waals surface area (Å²) in [5.41, 5.74) is 0.589. The average Bonchev–Trinajstić information content (AvgIpc) is 2.33. The molecular formula is C13H19NO4S. The Kier molecular flexibility index (Phi) is 4.25. The Morgan fingerprint density at radius 1 is 1.42 bits per heavy atom. The second-order valence-electron chi connectivity index (χ2n) is 4.90. The van der Waals surface area contributed by atoms with Crippen LogP contribution in [0.3, 0.4) is 0 Å². The zero-order valence-electron chi connectivity index (χ0n) is 11.0. The number of nitrogens with one attached hydrogen (secondary N) is 1. The molecule has 1 aliphatic rings. The van der Waals surface area contributed by atoms with Gasteiger partial charge in [0.25, 0.3) is 0 Å². The van der Waals surface area contributed by atoms with Crippen molar-refractivity contribution < 1.29 is 18.3 Å². The summed E-state index contributed by atoms with van der Waals surface area (Å²) in [6.45, 7) is 1.61. The normalized spacial score (nSPS) is 24.8. The number of ether oxygens (including phenoxy) is 1. The van der Waals surface area contributed by atoms with E-state index in [0.29, 0.717) is 18.4 Å². The van der Waals surface area contributed by atoms with E-state index in [2.05, 4.69) is 4.72 Å². The van der Waals surface area contributed by atoms with E-state index in [9.17, 15) is 13.5 Å². The predicted molar refractivity (Wildman–Crippen MR) is 71.2 cm³/mol. The maximum atomic E-state index is 12.2. The van der Waals surface area contributed by atoms with Gasteiger partial charge in [0, 0.05) is 13.2 Å². The minimum atomic E-state index is -3.52. The number of methoxy groups -OCH3 is 1. The van der Waals surface area contributed by atoms with E-state index in [1.807, 2.05) is 0 Å². The molecule has 6 heteroatoms. The van der Waals surface area contributed by atoms with Crippen molar-refractivity contribution in [3.05, 3.63) is 29.8 Å². The van der Waals surface area contributed by atoms with E-state index in [1.165, 1.54) is 12.1 Å². The summed E-state index contributed by atoms with van der Waals surface area (Å²) < 4.78 is 32.1. The standard InChI is InChI=1S/C13H19NO4S/c1-9(15)10-4-3-5-13(6-10)19(16,17)14-11-7-12(8-11)18-2/h3-6,9,11-12,14-15H,7-8H2,1-2H3. The number of benzene rings is 1. The summed E-state index contributed by atoms with van der Waals surface area (Å²) in [5.74, 6) is 0. The summed E-state index contributed by atoms with van der Waals surface area (Å²) in [6, 6.07) is 6.30. The van der Waals surface area contributed by atoms with Gasteiger partial charge in [-0.15, -0.1) is 0 Å². The fourth-order valence-electron chi connectivity index (χ4n) is 2.08. The van der Waals surface area contributed by atoms with E-state index in [0.717, 1.165) is 0 Å². The lowest BCUT2D eigenvalue weighted by molar-refractivity contribution is 0.0236. The number of rotatable bonds is 5. The third-order valence-electron chi connectivity index (χ3n) is 3.40. The number of hydrogen-bond acceptors (Lipinski definition) is 4. The van der Waals surface area contributed by atoms with Crippen LogP contribution in [0.4, 0.5) is 0 Å². The maximum Gasteiger partial charge on any atom is 0.240 e. The Morgan fingerprint density at radius 2 is 2.11 bits per heavy atom. The average molecular weight is 285 g/mol. The summed E-state index contributed by atoms with van der Waals surface area (Å²) in [7, 11) is -1.90. The van der Waals surface area contributed by atoms with Gasteiger partial charge in [-0.05, 0) is 37.5 Å². The van der Waals surface area contributed by atoms with Crippen molar-refractivity contribution in [2.24, 2.45) is 0 Å². The third-order valence-corrected chi connectivity index (χ3v) is 4.92. The van der Waals surface area contributed by atoms with Crippen LogP contribution in [0, 0.1) is 0 Å². The van der Waals surface area contributed by atoms with Crippen LogP contribution >= 0.6 is 0 Å². The van der Waals surface area contributed by atoms with Gasteiger partial charge in [0.1, 0.15) is 0 Å². The molecule has 1 aromatic rings. The molecule has 1 unspecified atom stereocenters. The first-order valence-corrected chi connectivity index (χ1v) is 7.74. The zero-order chi connectivity index (χ0) is 14.0. The van der Waals surface area contributed by atoms with Crippen LogP contribution < -0.4 is 4.72 Å². The Balaban J connectivity index is 2.09. The molecule has 0 heterocycles.